The second kappa shape index (κ2) is 8.65. The Morgan fingerprint density at radius 2 is 1.54 bits per heavy atom. The topological polar surface area (TPSA) is 0 Å². The van der Waals surface area contributed by atoms with Gasteiger partial charge in [-0.05, 0) is 66.0 Å². The molecule has 0 unspecified atom stereocenters. The number of unbranched alkanes of at least 4 members (excludes halogenated alkanes) is 4. The van der Waals surface area contributed by atoms with Gasteiger partial charge >= 0.3 is 0 Å². The summed E-state index contributed by atoms with van der Waals surface area (Å²) < 4.78 is 13.3. The maximum absolute atomic E-state index is 13.3. The van der Waals surface area contributed by atoms with Crippen molar-refractivity contribution < 1.29 is 4.39 Å². The van der Waals surface area contributed by atoms with E-state index < -0.39 is 0 Å². The van der Waals surface area contributed by atoms with E-state index in [1.165, 1.54) is 75.2 Å². The summed E-state index contributed by atoms with van der Waals surface area (Å²) in [6.07, 6.45) is 13.9. The van der Waals surface area contributed by atoms with Gasteiger partial charge in [0, 0.05) is 0 Å². The lowest BCUT2D eigenvalue weighted by Gasteiger charge is -2.29. The zero-order valence-electron chi connectivity index (χ0n) is 15.1. The van der Waals surface area contributed by atoms with Crippen molar-refractivity contribution in [2.75, 3.05) is 0 Å². The fourth-order valence-corrected chi connectivity index (χ4v) is 4.31. The Hall–Kier alpha value is -1.37. The molecule has 3 rings (SSSR count). The van der Waals surface area contributed by atoms with E-state index in [1.54, 1.807) is 12.1 Å². The Morgan fingerprint density at radius 1 is 0.833 bits per heavy atom. The predicted octanol–water partition coefficient (Wildman–Crippen LogP) is 7.61. The Morgan fingerprint density at radius 3 is 2.33 bits per heavy atom. The average Bonchev–Trinajstić information content (AvgIpc) is 2.62. The van der Waals surface area contributed by atoms with Crippen LogP contribution >= 0.6 is 0 Å². The third kappa shape index (κ3) is 4.59. The molecule has 0 atom stereocenters. The molecule has 2 aromatic rings. The summed E-state index contributed by atoms with van der Waals surface area (Å²) in [7, 11) is 0. The highest BCUT2D eigenvalue weighted by molar-refractivity contribution is 5.83. The first-order valence-electron chi connectivity index (χ1n) is 9.95. The van der Waals surface area contributed by atoms with E-state index in [-0.39, 0.29) is 5.82 Å². The average molecular weight is 326 g/mol. The van der Waals surface area contributed by atoms with Crippen LogP contribution in [0.5, 0.6) is 0 Å². The van der Waals surface area contributed by atoms with Gasteiger partial charge in [-0.25, -0.2) is 4.39 Å². The first-order valence-corrected chi connectivity index (χ1v) is 9.95. The molecule has 0 amide bonds. The van der Waals surface area contributed by atoms with Crippen molar-refractivity contribution >= 4 is 10.8 Å². The van der Waals surface area contributed by atoms with Crippen molar-refractivity contribution in [2.45, 2.75) is 77.0 Å². The van der Waals surface area contributed by atoms with Crippen molar-refractivity contribution in [2.24, 2.45) is 5.92 Å². The lowest BCUT2D eigenvalue weighted by atomic mass is 9.77. The molecule has 1 heteroatoms. The van der Waals surface area contributed by atoms with Gasteiger partial charge in [0.15, 0.2) is 0 Å². The Kier molecular flexibility index (Phi) is 6.29. The van der Waals surface area contributed by atoms with Gasteiger partial charge in [-0.1, -0.05) is 69.7 Å². The van der Waals surface area contributed by atoms with E-state index in [4.69, 9.17) is 0 Å². The second-order valence-electron chi connectivity index (χ2n) is 7.67. The number of benzene rings is 2. The summed E-state index contributed by atoms with van der Waals surface area (Å²) in [4.78, 5) is 0. The van der Waals surface area contributed by atoms with Crippen LogP contribution in [0, 0.1) is 11.7 Å². The van der Waals surface area contributed by atoms with E-state index in [0.717, 1.165) is 11.3 Å². The summed E-state index contributed by atoms with van der Waals surface area (Å²) in [6.45, 7) is 2.28. The second-order valence-corrected chi connectivity index (χ2v) is 7.67. The van der Waals surface area contributed by atoms with Crippen molar-refractivity contribution in [3.63, 3.8) is 0 Å². The fourth-order valence-electron chi connectivity index (χ4n) is 4.31. The zero-order valence-corrected chi connectivity index (χ0v) is 15.1. The van der Waals surface area contributed by atoms with E-state index in [1.807, 2.05) is 6.07 Å². The van der Waals surface area contributed by atoms with E-state index >= 15 is 0 Å². The Labute approximate surface area is 146 Å². The van der Waals surface area contributed by atoms with Crippen molar-refractivity contribution in [3.8, 4) is 0 Å². The molecule has 2 aromatic carbocycles. The smallest absolute Gasteiger partial charge is 0.123 e. The van der Waals surface area contributed by atoms with Crippen LogP contribution in [0.1, 0.15) is 82.6 Å². The molecule has 0 radical (unpaired) electrons. The van der Waals surface area contributed by atoms with Crippen molar-refractivity contribution in [1.82, 2.24) is 0 Å². The van der Waals surface area contributed by atoms with Gasteiger partial charge in [0.25, 0.3) is 0 Å². The van der Waals surface area contributed by atoms with E-state index in [0.29, 0.717) is 5.92 Å². The van der Waals surface area contributed by atoms with Gasteiger partial charge in [0.05, 0.1) is 0 Å². The number of hydrogen-bond acceptors (Lipinski definition) is 0. The monoisotopic (exact) mass is 326 g/mol. The van der Waals surface area contributed by atoms with Gasteiger partial charge in [0.2, 0.25) is 0 Å². The highest BCUT2D eigenvalue weighted by Gasteiger charge is 2.22. The molecule has 130 valence electrons. The number of hydrogen-bond donors (Lipinski definition) is 0. The van der Waals surface area contributed by atoms with Gasteiger partial charge < -0.3 is 0 Å². The van der Waals surface area contributed by atoms with Crippen molar-refractivity contribution in [1.29, 1.82) is 0 Å². The van der Waals surface area contributed by atoms with Gasteiger partial charge in [-0.3, -0.25) is 0 Å². The van der Waals surface area contributed by atoms with Gasteiger partial charge in [-0.2, -0.15) is 0 Å². The van der Waals surface area contributed by atoms with Crippen LogP contribution in [0.2, 0.25) is 0 Å². The summed E-state index contributed by atoms with van der Waals surface area (Å²) in [5.41, 5.74) is 1.45. The zero-order chi connectivity index (χ0) is 16.8. The fraction of sp³-hybridized carbons (Fsp3) is 0.565. The summed E-state index contributed by atoms with van der Waals surface area (Å²) in [5.74, 6) is 1.52. The lowest BCUT2D eigenvalue weighted by molar-refractivity contribution is 0.302. The Balaban J connectivity index is 1.50. The molecule has 0 aliphatic heterocycles. The standard InChI is InChI=1S/C23H31F/c1-2-3-4-5-6-7-18-8-10-19(11-9-18)20-12-13-22-17-23(24)15-14-21(22)16-20/h12-19H,2-11H2,1H3/t18-,19-. The molecular weight excluding hydrogens is 295 g/mol. The molecule has 0 nitrogen and oxygen atoms in total. The molecule has 24 heavy (non-hydrogen) atoms. The quantitative estimate of drug-likeness (QED) is 0.459. The van der Waals surface area contributed by atoms with Crippen LogP contribution in [-0.2, 0) is 0 Å². The molecule has 0 saturated heterocycles. The minimum atomic E-state index is -0.144. The largest absolute Gasteiger partial charge is 0.207 e. The molecule has 1 fully saturated rings. The summed E-state index contributed by atoms with van der Waals surface area (Å²) in [6, 6.07) is 11.7. The van der Waals surface area contributed by atoms with Crippen LogP contribution in [0.3, 0.4) is 0 Å². The highest BCUT2D eigenvalue weighted by atomic mass is 19.1. The third-order valence-corrected chi connectivity index (χ3v) is 5.86. The maximum Gasteiger partial charge on any atom is 0.123 e. The normalized spacial score (nSPS) is 21.2. The minimum absolute atomic E-state index is 0.144. The van der Waals surface area contributed by atoms with Gasteiger partial charge in [0.1, 0.15) is 5.82 Å². The van der Waals surface area contributed by atoms with Crippen LogP contribution in [0.4, 0.5) is 4.39 Å². The Bertz CT molecular complexity index is 638. The molecule has 0 heterocycles. The molecular formula is C23H31F. The summed E-state index contributed by atoms with van der Waals surface area (Å²) in [5, 5.41) is 2.19. The van der Waals surface area contributed by atoms with Crippen molar-refractivity contribution in [3.05, 3.63) is 47.8 Å². The first kappa shape index (κ1) is 17.5. The van der Waals surface area contributed by atoms with Crippen LogP contribution < -0.4 is 0 Å². The van der Waals surface area contributed by atoms with Crippen LogP contribution in [0.15, 0.2) is 36.4 Å². The molecule has 0 spiro atoms. The van der Waals surface area contributed by atoms with Crippen LogP contribution in [-0.4, -0.2) is 0 Å². The van der Waals surface area contributed by atoms with E-state index in [9.17, 15) is 4.39 Å². The summed E-state index contributed by atoms with van der Waals surface area (Å²) >= 11 is 0. The lowest BCUT2D eigenvalue weighted by Crippen LogP contribution is -2.13. The number of rotatable bonds is 7. The minimum Gasteiger partial charge on any atom is -0.207 e. The SMILES string of the molecule is CCCCCCC[C@H]1CC[C@H](c2ccc3cc(F)ccc3c2)CC1. The van der Waals surface area contributed by atoms with Crippen LogP contribution in [0.25, 0.3) is 10.8 Å². The highest BCUT2D eigenvalue weighted by Crippen LogP contribution is 2.38. The van der Waals surface area contributed by atoms with E-state index in [2.05, 4.69) is 25.1 Å². The van der Waals surface area contributed by atoms with Gasteiger partial charge in [-0.15, -0.1) is 0 Å². The number of halogens is 1. The molecule has 1 aliphatic rings. The molecule has 0 bridgehead atoms. The first-order chi connectivity index (χ1) is 11.8. The number of fused-ring (bicyclic) bond motifs is 1. The molecule has 0 N–H and O–H groups in total. The molecule has 1 aliphatic carbocycles. The molecule has 0 aromatic heterocycles. The predicted molar refractivity (Wildman–Crippen MR) is 102 cm³/mol. The third-order valence-electron chi connectivity index (χ3n) is 5.86. The maximum atomic E-state index is 13.3. The molecule has 1 saturated carbocycles.